The van der Waals surface area contributed by atoms with Crippen LogP contribution in [0, 0.1) is 11.3 Å². The summed E-state index contributed by atoms with van der Waals surface area (Å²) in [6, 6.07) is 17.3. The van der Waals surface area contributed by atoms with Gasteiger partial charge >= 0.3 is 0 Å². The number of halogens is 2. The van der Waals surface area contributed by atoms with Gasteiger partial charge in [0.1, 0.15) is 12.2 Å². The van der Waals surface area contributed by atoms with Crippen molar-refractivity contribution in [1.82, 2.24) is 0 Å². The zero-order chi connectivity index (χ0) is 13.5. The molecule has 0 aliphatic carbocycles. The van der Waals surface area contributed by atoms with Gasteiger partial charge in [0.25, 0.3) is 0 Å². The molecule has 0 spiro atoms. The monoisotopic (exact) mass is 333 g/mol. The van der Waals surface area contributed by atoms with Crippen LogP contribution in [0.2, 0.25) is 5.02 Å². The zero-order valence-electron chi connectivity index (χ0n) is 9.81. The molecule has 1 fully saturated rings. The molecule has 0 aromatic heterocycles. The Morgan fingerprint density at radius 3 is 2.58 bits per heavy atom. The fourth-order valence-electron chi connectivity index (χ4n) is 2.18. The van der Waals surface area contributed by atoms with Crippen LogP contribution in [0.1, 0.15) is 17.2 Å². The van der Waals surface area contributed by atoms with E-state index in [0.29, 0.717) is 5.02 Å². The topological polar surface area (TPSA) is 36.3 Å². The van der Waals surface area contributed by atoms with Crippen molar-refractivity contribution < 1.29 is 4.74 Å². The largest absolute Gasteiger partial charge is 0.340 e. The number of hydrogen-bond acceptors (Lipinski definition) is 2. The predicted molar refractivity (Wildman–Crippen MR) is 76.7 cm³/mol. The van der Waals surface area contributed by atoms with E-state index in [4.69, 9.17) is 16.3 Å². The van der Waals surface area contributed by atoms with Crippen molar-refractivity contribution in [1.29, 1.82) is 5.26 Å². The second-order valence-corrected chi connectivity index (χ2v) is 5.76. The maximum atomic E-state index is 9.47. The molecule has 1 aliphatic rings. The molecule has 0 N–H and O–H groups in total. The third-order valence-electron chi connectivity index (χ3n) is 3.21. The van der Waals surface area contributed by atoms with Crippen LogP contribution in [0.4, 0.5) is 0 Å². The van der Waals surface area contributed by atoms with Crippen LogP contribution in [0.3, 0.4) is 0 Å². The smallest absolute Gasteiger partial charge is 0.210 e. The predicted octanol–water partition coefficient (Wildman–Crippen LogP) is 4.59. The van der Waals surface area contributed by atoms with E-state index in [-0.39, 0.29) is 6.10 Å². The Morgan fingerprint density at radius 2 is 1.95 bits per heavy atom. The van der Waals surface area contributed by atoms with Crippen LogP contribution >= 0.6 is 27.5 Å². The van der Waals surface area contributed by atoms with Gasteiger partial charge in [-0.05, 0) is 29.8 Å². The van der Waals surface area contributed by atoms with Gasteiger partial charge < -0.3 is 4.74 Å². The van der Waals surface area contributed by atoms with E-state index in [1.807, 2.05) is 48.5 Å². The first-order chi connectivity index (χ1) is 9.15. The summed E-state index contributed by atoms with van der Waals surface area (Å²) in [5, 5.41) is 10.1. The van der Waals surface area contributed by atoms with Gasteiger partial charge in [0.15, 0.2) is 0 Å². The molecule has 0 amide bonds. The molecule has 1 aliphatic heterocycles. The number of epoxide rings is 1. The lowest BCUT2D eigenvalue weighted by molar-refractivity contribution is 0.340. The highest BCUT2D eigenvalue weighted by molar-refractivity contribution is 9.10. The molecular formula is C15H9BrClNO. The highest BCUT2D eigenvalue weighted by Gasteiger charge is 2.59. The van der Waals surface area contributed by atoms with E-state index < -0.39 is 5.60 Å². The van der Waals surface area contributed by atoms with Crippen LogP contribution in [0.25, 0.3) is 0 Å². The first-order valence-electron chi connectivity index (χ1n) is 5.76. The number of hydrogen-bond donors (Lipinski definition) is 0. The third-order valence-corrected chi connectivity index (χ3v) is 3.95. The fourth-order valence-corrected chi connectivity index (χ4v) is 2.71. The van der Waals surface area contributed by atoms with E-state index >= 15 is 0 Å². The molecule has 1 heterocycles. The molecule has 1 saturated heterocycles. The summed E-state index contributed by atoms with van der Waals surface area (Å²) in [4.78, 5) is 0. The average molecular weight is 335 g/mol. The number of nitriles is 1. The van der Waals surface area contributed by atoms with Crippen molar-refractivity contribution >= 4 is 27.5 Å². The van der Waals surface area contributed by atoms with Gasteiger partial charge in [0.05, 0.1) is 0 Å². The fraction of sp³-hybridized carbons (Fsp3) is 0.133. The van der Waals surface area contributed by atoms with E-state index in [1.54, 1.807) is 0 Å². The van der Waals surface area contributed by atoms with Gasteiger partial charge in [0.2, 0.25) is 5.60 Å². The third kappa shape index (κ3) is 2.17. The molecule has 19 heavy (non-hydrogen) atoms. The van der Waals surface area contributed by atoms with Gasteiger partial charge in [-0.2, -0.15) is 5.26 Å². The van der Waals surface area contributed by atoms with E-state index in [2.05, 4.69) is 22.0 Å². The summed E-state index contributed by atoms with van der Waals surface area (Å²) >= 11 is 9.28. The molecule has 2 atom stereocenters. The summed E-state index contributed by atoms with van der Waals surface area (Å²) in [5.74, 6) is 0. The van der Waals surface area contributed by atoms with E-state index in [9.17, 15) is 5.26 Å². The van der Waals surface area contributed by atoms with Crippen molar-refractivity contribution in [3.05, 3.63) is 69.2 Å². The van der Waals surface area contributed by atoms with Gasteiger partial charge in [0, 0.05) is 15.1 Å². The lowest BCUT2D eigenvalue weighted by Crippen LogP contribution is -2.06. The minimum atomic E-state index is -0.877. The van der Waals surface area contributed by atoms with Crippen LogP contribution in [0.5, 0.6) is 0 Å². The zero-order valence-corrected chi connectivity index (χ0v) is 12.1. The van der Waals surface area contributed by atoms with E-state index in [1.165, 1.54) is 0 Å². The van der Waals surface area contributed by atoms with Crippen LogP contribution in [0.15, 0.2) is 53.0 Å². The molecule has 0 bridgehead atoms. The quantitative estimate of drug-likeness (QED) is 0.753. The summed E-state index contributed by atoms with van der Waals surface area (Å²) in [6.45, 7) is 0. The van der Waals surface area contributed by atoms with Crippen molar-refractivity contribution in [3.8, 4) is 6.07 Å². The average Bonchev–Trinajstić information content (AvgIpc) is 3.16. The number of nitrogens with zero attached hydrogens (tertiary/aromatic N) is 1. The molecule has 2 nitrogen and oxygen atoms in total. The lowest BCUT2D eigenvalue weighted by atomic mass is 9.93. The molecule has 2 unspecified atom stereocenters. The van der Waals surface area contributed by atoms with Gasteiger partial charge in [-0.25, -0.2) is 0 Å². The second-order valence-electron chi connectivity index (χ2n) is 4.41. The first kappa shape index (κ1) is 12.7. The lowest BCUT2D eigenvalue weighted by Gasteiger charge is -2.05. The van der Waals surface area contributed by atoms with Gasteiger partial charge in [-0.3, -0.25) is 0 Å². The normalized spacial score (nSPS) is 24.8. The maximum Gasteiger partial charge on any atom is 0.210 e. The molecule has 0 radical (unpaired) electrons. The van der Waals surface area contributed by atoms with Crippen LogP contribution in [-0.2, 0) is 10.3 Å². The van der Waals surface area contributed by atoms with Gasteiger partial charge in [-0.15, -0.1) is 0 Å². The Balaban J connectivity index is 1.97. The standard InChI is InChI=1S/C15H9BrClNO/c16-12-3-1-2-11(8-12)15(9-18)14(19-15)10-4-6-13(17)7-5-10/h1-8,14H. The van der Waals surface area contributed by atoms with Crippen LogP contribution < -0.4 is 0 Å². The highest BCUT2D eigenvalue weighted by atomic mass is 79.9. The molecule has 2 aromatic carbocycles. The van der Waals surface area contributed by atoms with Crippen molar-refractivity contribution in [2.75, 3.05) is 0 Å². The SMILES string of the molecule is N#CC1(c2cccc(Br)c2)OC1c1ccc(Cl)cc1. The Bertz CT molecular complexity index is 665. The van der Waals surface area contributed by atoms with Crippen molar-refractivity contribution in [3.63, 3.8) is 0 Å². The summed E-state index contributed by atoms with van der Waals surface area (Å²) in [5.41, 5.74) is 0.952. The van der Waals surface area contributed by atoms with Crippen molar-refractivity contribution in [2.45, 2.75) is 11.7 Å². The second kappa shape index (κ2) is 4.64. The minimum absolute atomic E-state index is 0.232. The molecule has 0 saturated carbocycles. The molecule has 2 aromatic rings. The van der Waals surface area contributed by atoms with E-state index in [0.717, 1.165) is 15.6 Å². The van der Waals surface area contributed by atoms with Crippen LogP contribution in [-0.4, -0.2) is 0 Å². The number of rotatable bonds is 2. The van der Waals surface area contributed by atoms with Crippen molar-refractivity contribution in [2.24, 2.45) is 0 Å². The Kier molecular flexibility index (Phi) is 3.10. The molecule has 4 heteroatoms. The molecular weight excluding hydrogens is 326 g/mol. The molecule has 94 valence electrons. The summed E-state index contributed by atoms with van der Waals surface area (Å²) in [7, 11) is 0. The Morgan fingerprint density at radius 1 is 1.21 bits per heavy atom. The Hall–Kier alpha value is -1.34. The highest BCUT2D eigenvalue weighted by Crippen LogP contribution is 2.56. The molecule has 3 rings (SSSR count). The maximum absolute atomic E-state index is 9.47. The minimum Gasteiger partial charge on any atom is -0.340 e. The Labute approximate surface area is 124 Å². The number of ether oxygens (including phenoxy) is 1. The number of benzene rings is 2. The summed E-state index contributed by atoms with van der Waals surface area (Å²) < 4.78 is 6.63. The van der Waals surface area contributed by atoms with Gasteiger partial charge in [-0.1, -0.05) is 51.8 Å². The first-order valence-corrected chi connectivity index (χ1v) is 6.93. The summed E-state index contributed by atoms with van der Waals surface area (Å²) in [6.07, 6.45) is -0.232.